The van der Waals surface area contributed by atoms with E-state index in [0.29, 0.717) is 6.42 Å². The summed E-state index contributed by atoms with van der Waals surface area (Å²) < 4.78 is 10.0. The third-order valence-electron chi connectivity index (χ3n) is 3.41. The van der Waals surface area contributed by atoms with Crippen LogP contribution in [-0.2, 0) is 0 Å². The Labute approximate surface area is 164 Å². The number of ether oxygens (including phenoxy) is 2. The summed E-state index contributed by atoms with van der Waals surface area (Å²) in [4.78, 5) is 0. The molecule has 0 aliphatic carbocycles. The Morgan fingerprint density at radius 2 is 1.43 bits per heavy atom. The van der Waals surface area contributed by atoms with Gasteiger partial charge in [0.15, 0.2) is 5.71 Å². The average Bonchev–Trinajstić information content (AvgIpc) is 2.76. The Morgan fingerprint density at radius 1 is 0.929 bits per heavy atom. The first kappa shape index (κ1) is 22.0. The van der Waals surface area contributed by atoms with Gasteiger partial charge in [-0.3, -0.25) is 0 Å². The topological polar surface area (TPSA) is 98.6 Å². The van der Waals surface area contributed by atoms with E-state index in [1.54, 1.807) is 26.4 Å². The molecule has 6 nitrogen and oxygen atoms in total. The molecule has 6 heteroatoms. The lowest BCUT2D eigenvalue weighted by Gasteiger charge is -1.98. The molecule has 0 unspecified atom stereocenters. The van der Waals surface area contributed by atoms with Crippen LogP contribution in [0.1, 0.15) is 17.5 Å². The van der Waals surface area contributed by atoms with Crippen molar-refractivity contribution in [2.24, 2.45) is 5.16 Å². The SMILES string of the molecule is COc1ccc(C=CC(C#N)=NO)cc1.COc1ccc(C=CCC#N)cc1. The fraction of sp³-hybridized carbons (Fsp3) is 0.136. The number of hydrogen-bond donors (Lipinski definition) is 1. The minimum absolute atomic E-state index is 0.0363. The minimum atomic E-state index is -0.0363. The van der Waals surface area contributed by atoms with E-state index in [9.17, 15) is 0 Å². The van der Waals surface area contributed by atoms with Crippen LogP contribution in [0.4, 0.5) is 0 Å². The minimum Gasteiger partial charge on any atom is -0.497 e. The summed E-state index contributed by atoms with van der Waals surface area (Å²) in [7, 11) is 3.23. The standard InChI is InChI=1S/C11H10N2O2.C11H11NO/c1-15-11-6-3-9(4-7-11)2-5-10(8-12)13-14;1-13-11-7-5-10(6-8-11)4-2-3-9-12/h2-7,14H,1H3;2,4-8H,3H2,1H3. The van der Waals surface area contributed by atoms with Crippen molar-refractivity contribution >= 4 is 17.9 Å². The van der Waals surface area contributed by atoms with Gasteiger partial charge in [0.25, 0.3) is 0 Å². The predicted molar refractivity (Wildman–Crippen MR) is 109 cm³/mol. The molecule has 0 spiro atoms. The number of rotatable bonds is 6. The molecule has 0 amide bonds. The first-order valence-corrected chi connectivity index (χ1v) is 8.28. The van der Waals surface area contributed by atoms with Gasteiger partial charge in [-0.15, -0.1) is 0 Å². The Balaban J connectivity index is 0.000000283. The molecule has 0 fully saturated rings. The maximum atomic E-state index is 8.47. The van der Waals surface area contributed by atoms with E-state index in [0.717, 1.165) is 22.6 Å². The summed E-state index contributed by atoms with van der Waals surface area (Å²) in [5.41, 5.74) is 1.94. The Kier molecular flexibility index (Phi) is 10.4. The second kappa shape index (κ2) is 13.2. The Morgan fingerprint density at radius 3 is 1.82 bits per heavy atom. The molecule has 142 valence electrons. The van der Waals surface area contributed by atoms with Crippen LogP contribution in [0.5, 0.6) is 11.5 Å². The molecule has 0 heterocycles. The van der Waals surface area contributed by atoms with E-state index in [1.165, 1.54) is 6.08 Å². The molecule has 0 bridgehead atoms. The number of nitriles is 2. The monoisotopic (exact) mass is 375 g/mol. The zero-order valence-corrected chi connectivity index (χ0v) is 15.7. The molecule has 0 atom stereocenters. The lowest BCUT2D eigenvalue weighted by molar-refractivity contribution is 0.320. The summed E-state index contributed by atoms with van der Waals surface area (Å²) in [6, 6.07) is 18.8. The van der Waals surface area contributed by atoms with Crippen LogP contribution in [0.2, 0.25) is 0 Å². The van der Waals surface area contributed by atoms with E-state index >= 15 is 0 Å². The van der Waals surface area contributed by atoms with E-state index in [-0.39, 0.29) is 5.71 Å². The molecule has 0 aromatic heterocycles. The molecule has 0 aliphatic heterocycles. The highest BCUT2D eigenvalue weighted by Crippen LogP contribution is 2.13. The number of oxime groups is 1. The van der Waals surface area contributed by atoms with Gasteiger partial charge < -0.3 is 14.7 Å². The summed E-state index contributed by atoms with van der Waals surface area (Å²) >= 11 is 0. The lowest BCUT2D eigenvalue weighted by Crippen LogP contribution is -1.86. The Hall–Kier alpha value is -4.03. The molecule has 0 saturated heterocycles. The van der Waals surface area contributed by atoms with Crippen LogP contribution in [0.25, 0.3) is 12.2 Å². The molecule has 2 aromatic rings. The number of hydrogen-bond acceptors (Lipinski definition) is 6. The third-order valence-corrected chi connectivity index (χ3v) is 3.41. The van der Waals surface area contributed by atoms with E-state index in [1.807, 2.05) is 66.8 Å². The van der Waals surface area contributed by atoms with E-state index in [4.69, 9.17) is 25.2 Å². The van der Waals surface area contributed by atoms with E-state index < -0.39 is 0 Å². The van der Waals surface area contributed by atoms with Gasteiger partial charge >= 0.3 is 0 Å². The largest absolute Gasteiger partial charge is 0.497 e. The van der Waals surface area contributed by atoms with Crippen molar-refractivity contribution in [3.63, 3.8) is 0 Å². The second-order valence-electron chi connectivity index (χ2n) is 5.24. The van der Waals surface area contributed by atoms with Crippen molar-refractivity contribution < 1.29 is 14.7 Å². The van der Waals surface area contributed by atoms with Gasteiger partial charge in [0.2, 0.25) is 0 Å². The normalized spacial score (nSPS) is 10.6. The number of nitrogens with zero attached hydrogens (tertiary/aromatic N) is 3. The zero-order chi connectivity index (χ0) is 20.6. The van der Waals surface area contributed by atoms with Crippen LogP contribution in [-0.4, -0.2) is 25.1 Å². The van der Waals surface area contributed by atoms with Crippen molar-refractivity contribution in [2.75, 3.05) is 14.2 Å². The van der Waals surface area contributed by atoms with Crippen LogP contribution >= 0.6 is 0 Å². The van der Waals surface area contributed by atoms with Crippen LogP contribution in [0, 0.1) is 22.7 Å². The van der Waals surface area contributed by atoms with Crippen molar-refractivity contribution in [3.8, 4) is 23.6 Å². The molecule has 0 radical (unpaired) electrons. The number of benzene rings is 2. The van der Waals surface area contributed by atoms with Gasteiger partial charge in [-0.05, 0) is 41.5 Å². The van der Waals surface area contributed by atoms with Crippen molar-refractivity contribution in [1.82, 2.24) is 0 Å². The summed E-state index contributed by atoms with van der Waals surface area (Å²) in [6.07, 6.45) is 7.32. The van der Waals surface area contributed by atoms with Crippen LogP contribution in [0.3, 0.4) is 0 Å². The first-order chi connectivity index (χ1) is 13.7. The molecular weight excluding hydrogens is 354 g/mol. The highest BCUT2D eigenvalue weighted by Gasteiger charge is 1.92. The number of methoxy groups -OCH3 is 2. The lowest BCUT2D eigenvalue weighted by atomic mass is 10.2. The van der Waals surface area contributed by atoms with E-state index in [2.05, 4.69) is 5.16 Å². The fourth-order valence-corrected chi connectivity index (χ4v) is 1.95. The smallest absolute Gasteiger partial charge is 0.179 e. The zero-order valence-electron chi connectivity index (χ0n) is 15.7. The molecule has 1 N–H and O–H groups in total. The average molecular weight is 375 g/mol. The fourth-order valence-electron chi connectivity index (χ4n) is 1.95. The summed E-state index contributed by atoms with van der Waals surface area (Å²) in [5, 5.41) is 28.0. The van der Waals surface area contributed by atoms with Gasteiger partial charge in [0.05, 0.1) is 26.7 Å². The van der Waals surface area contributed by atoms with Gasteiger partial charge in [0, 0.05) is 0 Å². The highest BCUT2D eigenvalue weighted by atomic mass is 16.5. The van der Waals surface area contributed by atoms with Crippen molar-refractivity contribution in [1.29, 1.82) is 10.5 Å². The molecule has 28 heavy (non-hydrogen) atoms. The highest BCUT2D eigenvalue weighted by molar-refractivity contribution is 6.08. The van der Waals surface area contributed by atoms with Gasteiger partial charge in [-0.2, -0.15) is 10.5 Å². The van der Waals surface area contributed by atoms with Gasteiger partial charge in [0.1, 0.15) is 17.6 Å². The first-order valence-electron chi connectivity index (χ1n) is 8.28. The van der Waals surface area contributed by atoms with Crippen molar-refractivity contribution in [3.05, 3.63) is 71.8 Å². The maximum Gasteiger partial charge on any atom is 0.179 e. The predicted octanol–water partition coefficient (Wildman–Crippen LogP) is 4.68. The summed E-state index contributed by atoms with van der Waals surface area (Å²) in [5.74, 6) is 1.61. The third kappa shape index (κ3) is 8.37. The number of allylic oxidation sites excluding steroid dienone is 2. The molecular formula is C22H21N3O3. The molecule has 0 saturated carbocycles. The van der Waals surface area contributed by atoms with Gasteiger partial charge in [-0.1, -0.05) is 47.6 Å². The molecule has 0 aliphatic rings. The maximum absolute atomic E-state index is 8.47. The van der Waals surface area contributed by atoms with Crippen molar-refractivity contribution in [2.45, 2.75) is 6.42 Å². The second-order valence-corrected chi connectivity index (χ2v) is 5.24. The molecule has 2 rings (SSSR count). The van der Waals surface area contributed by atoms with Crippen LogP contribution in [0.15, 0.2) is 65.8 Å². The summed E-state index contributed by atoms with van der Waals surface area (Å²) in [6.45, 7) is 0. The quantitative estimate of drug-likeness (QED) is 0.449. The molecule has 2 aromatic carbocycles. The van der Waals surface area contributed by atoms with Gasteiger partial charge in [-0.25, -0.2) is 0 Å². The van der Waals surface area contributed by atoms with Crippen LogP contribution < -0.4 is 9.47 Å². The Bertz CT molecular complexity index is 885.